The van der Waals surface area contributed by atoms with Gasteiger partial charge in [0.25, 0.3) is 5.91 Å². The molecular formula is C17H20FN3O3. The Morgan fingerprint density at radius 2 is 1.96 bits per heavy atom. The molecule has 128 valence electrons. The predicted octanol–water partition coefficient (Wildman–Crippen LogP) is 2.33. The summed E-state index contributed by atoms with van der Waals surface area (Å²) in [4.78, 5) is 37.8. The molecule has 4 amide bonds. The second-order valence-corrected chi connectivity index (χ2v) is 6.53. The van der Waals surface area contributed by atoms with Crippen LogP contribution >= 0.6 is 0 Å². The van der Waals surface area contributed by atoms with Crippen molar-refractivity contribution in [3.63, 3.8) is 0 Å². The van der Waals surface area contributed by atoms with Crippen LogP contribution in [0.2, 0.25) is 0 Å². The van der Waals surface area contributed by atoms with Crippen molar-refractivity contribution in [2.75, 3.05) is 11.9 Å². The minimum absolute atomic E-state index is 0.303. The quantitative estimate of drug-likeness (QED) is 0.833. The molecule has 1 heterocycles. The molecule has 1 aromatic rings. The van der Waals surface area contributed by atoms with Gasteiger partial charge in [-0.1, -0.05) is 19.3 Å². The van der Waals surface area contributed by atoms with Gasteiger partial charge in [-0.2, -0.15) is 0 Å². The van der Waals surface area contributed by atoms with E-state index in [0.29, 0.717) is 24.1 Å². The van der Waals surface area contributed by atoms with E-state index in [0.717, 1.165) is 24.2 Å². The lowest BCUT2D eigenvalue weighted by Crippen LogP contribution is -2.48. The molecule has 6 nitrogen and oxygen atoms in total. The molecule has 2 N–H and O–H groups in total. The van der Waals surface area contributed by atoms with E-state index in [4.69, 9.17) is 0 Å². The highest BCUT2D eigenvalue weighted by molar-refractivity contribution is 6.10. The number of carbonyl (C=O) groups is 3. The van der Waals surface area contributed by atoms with Gasteiger partial charge in [-0.25, -0.2) is 9.18 Å². The smallest absolute Gasteiger partial charge is 0.324 e. The number of amides is 4. The van der Waals surface area contributed by atoms with Crippen molar-refractivity contribution in [2.24, 2.45) is 0 Å². The molecule has 1 spiro atoms. The molecule has 1 saturated carbocycles. The van der Waals surface area contributed by atoms with Crippen LogP contribution in [0, 0.1) is 12.7 Å². The number of nitrogens with one attached hydrogen (secondary N) is 2. The first-order valence-corrected chi connectivity index (χ1v) is 8.11. The first-order chi connectivity index (χ1) is 11.4. The molecule has 1 saturated heterocycles. The Balaban J connectivity index is 1.67. The van der Waals surface area contributed by atoms with Crippen molar-refractivity contribution in [2.45, 2.75) is 44.6 Å². The van der Waals surface area contributed by atoms with Crippen molar-refractivity contribution >= 4 is 23.5 Å². The number of nitrogens with zero attached hydrogens (tertiary/aromatic N) is 1. The summed E-state index contributed by atoms with van der Waals surface area (Å²) >= 11 is 0. The molecule has 1 aliphatic heterocycles. The summed E-state index contributed by atoms with van der Waals surface area (Å²) in [6, 6.07) is 3.63. The standard InChI is InChI=1S/C17H20FN3O3/c1-11-7-12(18)9-13(8-11)19-14(22)10-21-15(23)17(20-16(21)24)5-3-2-4-6-17/h7-9H,2-6,10H2,1H3,(H,19,22)(H,20,24). The normalized spacial score (nSPS) is 19.5. The van der Waals surface area contributed by atoms with Gasteiger partial charge in [0.2, 0.25) is 5.91 Å². The lowest BCUT2D eigenvalue weighted by atomic mass is 9.82. The summed E-state index contributed by atoms with van der Waals surface area (Å²) < 4.78 is 13.4. The number of anilines is 1. The highest BCUT2D eigenvalue weighted by Crippen LogP contribution is 2.33. The van der Waals surface area contributed by atoms with E-state index < -0.39 is 23.3 Å². The molecule has 7 heteroatoms. The molecule has 24 heavy (non-hydrogen) atoms. The Labute approximate surface area is 139 Å². The first-order valence-electron chi connectivity index (χ1n) is 8.11. The summed E-state index contributed by atoms with van der Waals surface area (Å²) in [5, 5.41) is 5.28. The zero-order valence-electron chi connectivity index (χ0n) is 13.5. The van der Waals surface area contributed by atoms with Gasteiger partial charge in [0.15, 0.2) is 0 Å². The van der Waals surface area contributed by atoms with Crippen LogP contribution in [-0.4, -0.2) is 34.8 Å². The lowest BCUT2D eigenvalue weighted by molar-refractivity contribution is -0.134. The maximum atomic E-state index is 13.4. The molecule has 2 fully saturated rings. The van der Waals surface area contributed by atoms with E-state index >= 15 is 0 Å². The number of halogens is 1. The predicted molar refractivity (Wildman–Crippen MR) is 85.8 cm³/mol. The monoisotopic (exact) mass is 333 g/mol. The number of urea groups is 1. The van der Waals surface area contributed by atoms with Gasteiger partial charge in [-0.15, -0.1) is 0 Å². The molecule has 0 atom stereocenters. The van der Waals surface area contributed by atoms with Crippen LogP contribution in [0.25, 0.3) is 0 Å². The van der Waals surface area contributed by atoms with E-state index in [1.165, 1.54) is 12.1 Å². The fourth-order valence-electron chi connectivity index (χ4n) is 3.47. The summed E-state index contributed by atoms with van der Waals surface area (Å²) in [6.07, 6.45) is 4.03. The van der Waals surface area contributed by atoms with Crippen molar-refractivity contribution in [3.8, 4) is 0 Å². The third-order valence-electron chi connectivity index (χ3n) is 4.58. The van der Waals surface area contributed by atoms with Crippen LogP contribution in [0.1, 0.15) is 37.7 Å². The first kappa shape index (κ1) is 16.4. The Morgan fingerprint density at radius 1 is 1.25 bits per heavy atom. The molecule has 0 radical (unpaired) electrons. The Morgan fingerprint density at radius 3 is 2.62 bits per heavy atom. The van der Waals surface area contributed by atoms with Crippen molar-refractivity contribution in [1.82, 2.24) is 10.2 Å². The van der Waals surface area contributed by atoms with Gasteiger partial charge in [0.1, 0.15) is 17.9 Å². The average molecular weight is 333 g/mol. The summed E-state index contributed by atoms with van der Waals surface area (Å²) in [6.45, 7) is 1.34. The third kappa shape index (κ3) is 3.11. The highest BCUT2D eigenvalue weighted by atomic mass is 19.1. The van der Waals surface area contributed by atoms with Crippen LogP contribution in [0.3, 0.4) is 0 Å². The fourth-order valence-corrected chi connectivity index (χ4v) is 3.47. The number of aryl methyl sites for hydroxylation is 1. The topological polar surface area (TPSA) is 78.5 Å². The van der Waals surface area contributed by atoms with Crippen LogP contribution < -0.4 is 10.6 Å². The van der Waals surface area contributed by atoms with E-state index in [2.05, 4.69) is 10.6 Å². The Hall–Kier alpha value is -2.44. The van der Waals surface area contributed by atoms with Crippen LogP contribution in [0.5, 0.6) is 0 Å². The van der Waals surface area contributed by atoms with Gasteiger partial charge in [0, 0.05) is 5.69 Å². The zero-order chi connectivity index (χ0) is 17.3. The van der Waals surface area contributed by atoms with Crippen LogP contribution in [0.4, 0.5) is 14.9 Å². The number of hydrogen-bond acceptors (Lipinski definition) is 3. The van der Waals surface area contributed by atoms with Crippen molar-refractivity contribution < 1.29 is 18.8 Å². The number of carbonyl (C=O) groups excluding carboxylic acids is 3. The molecular weight excluding hydrogens is 313 g/mol. The van der Waals surface area contributed by atoms with Crippen molar-refractivity contribution in [1.29, 1.82) is 0 Å². The fraction of sp³-hybridized carbons (Fsp3) is 0.471. The Bertz CT molecular complexity index is 678. The summed E-state index contributed by atoms with van der Waals surface area (Å²) in [5.41, 5.74) is 0.129. The number of rotatable bonds is 3. The number of imide groups is 1. The molecule has 0 aromatic heterocycles. The SMILES string of the molecule is Cc1cc(F)cc(NC(=O)CN2C(=O)NC3(CCCCC3)C2=O)c1. The second kappa shape index (κ2) is 6.22. The van der Waals surface area contributed by atoms with Gasteiger partial charge in [0.05, 0.1) is 0 Å². The molecule has 2 aliphatic rings. The average Bonchev–Trinajstić information content (AvgIpc) is 2.71. The number of benzene rings is 1. The molecule has 1 aromatic carbocycles. The van der Waals surface area contributed by atoms with Gasteiger partial charge < -0.3 is 10.6 Å². The minimum atomic E-state index is -0.842. The highest BCUT2D eigenvalue weighted by Gasteiger charge is 2.51. The van der Waals surface area contributed by atoms with E-state index in [9.17, 15) is 18.8 Å². The van der Waals surface area contributed by atoms with E-state index in [-0.39, 0.29) is 12.5 Å². The summed E-state index contributed by atoms with van der Waals surface area (Å²) in [7, 11) is 0. The van der Waals surface area contributed by atoms with Crippen molar-refractivity contribution in [3.05, 3.63) is 29.6 Å². The number of hydrogen-bond donors (Lipinski definition) is 2. The molecule has 0 bridgehead atoms. The molecule has 3 rings (SSSR count). The van der Waals surface area contributed by atoms with Crippen LogP contribution in [0.15, 0.2) is 18.2 Å². The van der Waals surface area contributed by atoms with E-state index in [1.807, 2.05) is 0 Å². The van der Waals surface area contributed by atoms with Crippen LogP contribution in [-0.2, 0) is 9.59 Å². The second-order valence-electron chi connectivity index (χ2n) is 6.53. The maximum absolute atomic E-state index is 13.4. The molecule has 1 aliphatic carbocycles. The lowest BCUT2D eigenvalue weighted by Gasteiger charge is -2.30. The zero-order valence-corrected chi connectivity index (χ0v) is 13.5. The third-order valence-corrected chi connectivity index (χ3v) is 4.58. The van der Waals surface area contributed by atoms with Gasteiger partial charge in [-0.3, -0.25) is 14.5 Å². The maximum Gasteiger partial charge on any atom is 0.325 e. The van der Waals surface area contributed by atoms with Gasteiger partial charge >= 0.3 is 6.03 Å². The largest absolute Gasteiger partial charge is 0.325 e. The van der Waals surface area contributed by atoms with E-state index in [1.54, 1.807) is 13.0 Å². The summed E-state index contributed by atoms with van der Waals surface area (Å²) in [5.74, 6) is -1.32. The Kier molecular flexibility index (Phi) is 4.26. The molecule has 0 unspecified atom stereocenters. The minimum Gasteiger partial charge on any atom is -0.324 e. The van der Waals surface area contributed by atoms with Gasteiger partial charge in [-0.05, 0) is 43.5 Å².